The smallest absolute Gasteiger partial charge is 0.417 e. The number of carbonyl (C=O) groups is 1. The summed E-state index contributed by atoms with van der Waals surface area (Å²) in [6.07, 6.45) is -3.05. The lowest BCUT2D eigenvalue weighted by atomic mass is 10.2. The topological polar surface area (TPSA) is 81.4 Å². The molecule has 0 bridgehead atoms. The average molecular weight is 457 g/mol. The van der Waals surface area contributed by atoms with Crippen LogP contribution in [-0.4, -0.2) is 23.7 Å². The number of unbranched alkanes of at least 4 members (excludes halogenated alkanes) is 1. The number of halogens is 4. The van der Waals surface area contributed by atoms with Crippen molar-refractivity contribution < 1.29 is 32.2 Å². The predicted molar refractivity (Wildman–Crippen MR) is 106 cm³/mol. The summed E-state index contributed by atoms with van der Waals surface area (Å²) in [5, 5.41) is 8.98. The van der Waals surface area contributed by atoms with Gasteiger partial charge in [0.2, 0.25) is 5.88 Å². The molecule has 0 aliphatic carbocycles. The van der Waals surface area contributed by atoms with Gasteiger partial charge in [0.1, 0.15) is 22.6 Å². The zero-order valence-electron chi connectivity index (χ0n) is 16.8. The van der Waals surface area contributed by atoms with Gasteiger partial charge in [0, 0.05) is 12.3 Å². The first-order valence-electron chi connectivity index (χ1n) is 9.47. The first-order valence-corrected chi connectivity index (χ1v) is 9.85. The Balaban J connectivity index is 2.22. The number of benzene rings is 1. The third kappa shape index (κ3) is 6.76. The summed E-state index contributed by atoms with van der Waals surface area (Å²) in [6, 6.07) is 6.76. The van der Waals surface area contributed by atoms with E-state index in [1.165, 1.54) is 18.2 Å². The van der Waals surface area contributed by atoms with Crippen molar-refractivity contribution in [3.63, 3.8) is 0 Å². The molecule has 10 heteroatoms. The first kappa shape index (κ1) is 24.3. The molecule has 0 fully saturated rings. The maximum atomic E-state index is 12.8. The van der Waals surface area contributed by atoms with Gasteiger partial charge in [-0.25, -0.2) is 9.78 Å². The molecule has 0 radical (unpaired) electrons. The molecule has 0 spiro atoms. The van der Waals surface area contributed by atoms with Crippen molar-refractivity contribution in [2.75, 3.05) is 6.61 Å². The molecule has 31 heavy (non-hydrogen) atoms. The molecule has 1 heterocycles. The number of aromatic nitrogens is 1. The molecule has 2 aromatic rings. The fourth-order valence-corrected chi connectivity index (χ4v) is 2.59. The van der Waals surface area contributed by atoms with Gasteiger partial charge in [-0.1, -0.05) is 31.9 Å². The molecular formula is C21H20ClF3N2O4. The molecular weight excluding hydrogens is 437 g/mol. The van der Waals surface area contributed by atoms with Crippen LogP contribution in [0.25, 0.3) is 0 Å². The van der Waals surface area contributed by atoms with E-state index in [1.54, 1.807) is 6.92 Å². The molecule has 1 atom stereocenters. The molecule has 0 saturated heterocycles. The minimum absolute atomic E-state index is 0.0577. The second-order valence-electron chi connectivity index (χ2n) is 6.42. The monoisotopic (exact) mass is 456 g/mol. The first-order chi connectivity index (χ1) is 14.7. The van der Waals surface area contributed by atoms with Gasteiger partial charge in [0.15, 0.2) is 6.10 Å². The number of nitrogens with zero attached hydrogens (tertiary/aromatic N) is 2. The Morgan fingerprint density at radius 1 is 1.29 bits per heavy atom. The van der Waals surface area contributed by atoms with Gasteiger partial charge in [0.05, 0.1) is 17.7 Å². The van der Waals surface area contributed by atoms with Crippen molar-refractivity contribution >= 4 is 17.6 Å². The Labute approximate surface area is 182 Å². The number of hydrogen-bond donors (Lipinski definition) is 0. The van der Waals surface area contributed by atoms with E-state index in [2.05, 4.69) is 4.98 Å². The number of hydrogen-bond acceptors (Lipinski definition) is 6. The normalized spacial score (nSPS) is 12.0. The summed E-state index contributed by atoms with van der Waals surface area (Å²) in [6.45, 7) is 3.95. The molecule has 0 saturated carbocycles. The lowest BCUT2D eigenvalue weighted by Crippen LogP contribution is -2.29. The van der Waals surface area contributed by atoms with Crippen molar-refractivity contribution in [1.82, 2.24) is 4.98 Å². The van der Waals surface area contributed by atoms with E-state index in [9.17, 15) is 23.2 Å². The van der Waals surface area contributed by atoms with Crippen LogP contribution in [-0.2, 0) is 15.7 Å². The Morgan fingerprint density at radius 2 is 2.03 bits per heavy atom. The molecule has 166 valence electrons. The number of ether oxygens (including phenoxy) is 3. The molecule has 1 aromatic carbocycles. The highest BCUT2D eigenvalue weighted by Crippen LogP contribution is 2.35. The minimum atomic E-state index is -4.59. The standard InChI is InChI=1S/C21H20ClF3N2O4/c1-3-5-8-29-20(28)17(4-2)31-18-10-15(7-6-13(18)11-26)30-19-16(22)9-14(12-27-19)21(23,24)25/h6-7,9-10,12,17H,3-5,8H2,1-2H3. The van der Waals surface area contributed by atoms with Crippen LogP contribution in [0.15, 0.2) is 30.5 Å². The van der Waals surface area contributed by atoms with Crippen molar-refractivity contribution in [2.45, 2.75) is 45.4 Å². The number of nitriles is 1. The number of pyridine rings is 1. The van der Waals surface area contributed by atoms with Crippen LogP contribution in [0.1, 0.15) is 44.2 Å². The summed E-state index contributed by atoms with van der Waals surface area (Å²) in [7, 11) is 0. The van der Waals surface area contributed by atoms with Crippen molar-refractivity contribution in [3.05, 3.63) is 46.6 Å². The van der Waals surface area contributed by atoms with Crippen molar-refractivity contribution in [1.29, 1.82) is 5.26 Å². The van der Waals surface area contributed by atoms with E-state index < -0.39 is 23.8 Å². The Bertz CT molecular complexity index is 961. The van der Waals surface area contributed by atoms with Gasteiger partial charge in [0.25, 0.3) is 0 Å². The number of alkyl halides is 3. The number of rotatable bonds is 9. The van der Waals surface area contributed by atoms with E-state index in [1.807, 2.05) is 13.0 Å². The van der Waals surface area contributed by atoms with Crippen LogP contribution in [0.5, 0.6) is 17.4 Å². The van der Waals surface area contributed by atoms with Crippen LogP contribution in [0.3, 0.4) is 0 Å². The van der Waals surface area contributed by atoms with E-state index in [-0.39, 0.29) is 34.6 Å². The van der Waals surface area contributed by atoms with Crippen LogP contribution >= 0.6 is 11.6 Å². The van der Waals surface area contributed by atoms with Crippen LogP contribution in [0, 0.1) is 11.3 Å². The highest BCUT2D eigenvalue weighted by molar-refractivity contribution is 6.31. The molecule has 2 rings (SSSR count). The lowest BCUT2D eigenvalue weighted by molar-refractivity contribution is -0.152. The van der Waals surface area contributed by atoms with Crippen LogP contribution in [0.2, 0.25) is 5.02 Å². The van der Waals surface area contributed by atoms with Crippen LogP contribution in [0.4, 0.5) is 13.2 Å². The minimum Gasteiger partial charge on any atom is -0.477 e. The number of carbonyl (C=O) groups excluding carboxylic acids is 1. The largest absolute Gasteiger partial charge is 0.477 e. The number of esters is 1. The molecule has 1 aromatic heterocycles. The average Bonchev–Trinajstić information content (AvgIpc) is 2.73. The van der Waals surface area contributed by atoms with E-state index in [4.69, 9.17) is 25.8 Å². The fourth-order valence-electron chi connectivity index (χ4n) is 2.38. The maximum Gasteiger partial charge on any atom is 0.417 e. The Kier molecular flexibility index (Phi) is 8.51. The third-order valence-corrected chi connectivity index (χ3v) is 4.34. The van der Waals surface area contributed by atoms with Gasteiger partial charge in [-0.15, -0.1) is 0 Å². The van der Waals surface area contributed by atoms with Gasteiger partial charge in [-0.2, -0.15) is 18.4 Å². The van der Waals surface area contributed by atoms with Gasteiger partial charge in [-0.3, -0.25) is 0 Å². The Morgan fingerprint density at radius 3 is 2.61 bits per heavy atom. The molecule has 0 aliphatic rings. The van der Waals surface area contributed by atoms with E-state index in [0.29, 0.717) is 18.7 Å². The van der Waals surface area contributed by atoms with Gasteiger partial charge >= 0.3 is 12.1 Å². The quantitative estimate of drug-likeness (QED) is 0.344. The second-order valence-corrected chi connectivity index (χ2v) is 6.82. The summed E-state index contributed by atoms with van der Waals surface area (Å²) in [5.74, 6) is -0.644. The molecule has 0 aliphatic heterocycles. The fraction of sp³-hybridized carbons (Fsp3) is 0.381. The van der Waals surface area contributed by atoms with E-state index in [0.717, 1.165) is 12.8 Å². The van der Waals surface area contributed by atoms with Crippen molar-refractivity contribution in [3.8, 4) is 23.4 Å². The van der Waals surface area contributed by atoms with Gasteiger partial charge < -0.3 is 14.2 Å². The molecule has 0 N–H and O–H groups in total. The predicted octanol–water partition coefficient (Wildman–Crippen LogP) is 5.92. The van der Waals surface area contributed by atoms with Gasteiger partial charge in [-0.05, 0) is 31.0 Å². The Hall–Kier alpha value is -2.99. The summed E-state index contributed by atoms with van der Waals surface area (Å²) in [5.41, 5.74) is -0.875. The molecule has 0 amide bonds. The highest BCUT2D eigenvalue weighted by Gasteiger charge is 2.32. The third-order valence-electron chi connectivity index (χ3n) is 4.07. The molecule has 6 nitrogen and oxygen atoms in total. The van der Waals surface area contributed by atoms with E-state index >= 15 is 0 Å². The molecule has 1 unspecified atom stereocenters. The SMILES string of the molecule is CCCCOC(=O)C(CC)Oc1cc(Oc2ncc(C(F)(F)F)cc2Cl)ccc1C#N. The summed E-state index contributed by atoms with van der Waals surface area (Å²) >= 11 is 5.86. The van der Waals surface area contributed by atoms with Crippen LogP contribution < -0.4 is 9.47 Å². The summed E-state index contributed by atoms with van der Waals surface area (Å²) in [4.78, 5) is 15.8. The van der Waals surface area contributed by atoms with Crippen molar-refractivity contribution in [2.24, 2.45) is 0 Å². The zero-order valence-corrected chi connectivity index (χ0v) is 17.6. The maximum absolute atomic E-state index is 12.8. The summed E-state index contributed by atoms with van der Waals surface area (Å²) < 4.78 is 54.6. The second kappa shape index (κ2) is 10.9. The highest BCUT2D eigenvalue weighted by atomic mass is 35.5. The zero-order chi connectivity index (χ0) is 23.0. The lowest BCUT2D eigenvalue weighted by Gasteiger charge is -2.18.